The van der Waals surface area contributed by atoms with Crippen molar-refractivity contribution in [3.05, 3.63) is 94.5 Å². The van der Waals surface area contributed by atoms with Crippen LogP contribution in [0, 0.1) is 0 Å². The average molecular weight is 515 g/mol. The molecule has 0 amide bonds. The number of hydrogen-bond acceptors (Lipinski definition) is 6. The van der Waals surface area contributed by atoms with Crippen molar-refractivity contribution in [1.29, 1.82) is 0 Å². The van der Waals surface area contributed by atoms with Crippen molar-refractivity contribution in [2.45, 2.75) is 50.5 Å². The summed E-state index contributed by atoms with van der Waals surface area (Å²) in [5.74, 6) is 0.545. The molecule has 3 aromatic rings. The predicted octanol–water partition coefficient (Wildman–Crippen LogP) is 3.39. The van der Waals surface area contributed by atoms with E-state index in [-0.39, 0.29) is 24.3 Å². The number of aliphatic hydroxyl groups excluding tert-OH is 1. The first-order valence-corrected chi connectivity index (χ1v) is 13.1. The maximum absolute atomic E-state index is 11.8. The molecule has 1 saturated heterocycles. The van der Waals surface area contributed by atoms with Gasteiger partial charge in [-0.05, 0) is 68.7 Å². The lowest BCUT2D eigenvalue weighted by molar-refractivity contribution is 0.0151. The Morgan fingerprint density at radius 2 is 1.87 bits per heavy atom. The minimum Gasteiger partial charge on any atom is -0.490 e. The highest BCUT2D eigenvalue weighted by Gasteiger charge is 2.31. The zero-order chi connectivity index (χ0) is 26.7. The second-order valence-electron chi connectivity index (χ2n) is 10.3. The Kier molecular flexibility index (Phi) is 7.49. The lowest BCUT2D eigenvalue weighted by Crippen LogP contribution is -2.48. The molecule has 38 heavy (non-hydrogen) atoms. The van der Waals surface area contributed by atoms with Gasteiger partial charge in [0.25, 0.3) is 0 Å². The quantitative estimate of drug-likeness (QED) is 0.455. The summed E-state index contributed by atoms with van der Waals surface area (Å²) in [6.07, 6.45) is 3.28. The summed E-state index contributed by atoms with van der Waals surface area (Å²) >= 11 is 0. The lowest BCUT2D eigenvalue weighted by Gasteiger charge is -2.38. The highest BCUT2D eigenvalue weighted by molar-refractivity contribution is 5.90. The average Bonchev–Trinajstić information content (AvgIpc) is 3.27. The number of likely N-dealkylation sites (tertiary alicyclic amines) is 1. The summed E-state index contributed by atoms with van der Waals surface area (Å²) < 4.78 is 12.2. The second-order valence-corrected chi connectivity index (χ2v) is 10.3. The molecule has 7 heteroatoms. The predicted molar refractivity (Wildman–Crippen MR) is 145 cm³/mol. The molecule has 4 atom stereocenters. The van der Waals surface area contributed by atoms with Gasteiger partial charge in [0.05, 0.1) is 10.9 Å². The van der Waals surface area contributed by atoms with Crippen LogP contribution in [0.4, 0.5) is 0 Å². The molecule has 0 spiro atoms. The molecular weight excluding hydrogens is 480 g/mol. The molecule has 0 bridgehead atoms. The van der Waals surface area contributed by atoms with Crippen LogP contribution < -0.4 is 20.0 Å². The maximum Gasteiger partial charge on any atom is 0.336 e. The molecule has 0 saturated carbocycles. The molecule has 2 aliphatic heterocycles. The summed E-state index contributed by atoms with van der Waals surface area (Å²) in [7, 11) is 0. The number of carbonyl (C=O) groups is 1. The number of ether oxygens (including phenoxy) is 2. The van der Waals surface area contributed by atoms with Crippen LogP contribution in [0.25, 0.3) is 6.08 Å². The number of carboxylic acid groups (broad SMARTS) is 1. The van der Waals surface area contributed by atoms with Gasteiger partial charge in [0.15, 0.2) is 0 Å². The van der Waals surface area contributed by atoms with Crippen LogP contribution in [0.3, 0.4) is 0 Å². The fourth-order valence-electron chi connectivity index (χ4n) is 5.47. The third-order valence-corrected chi connectivity index (χ3v) is 7.41. The third kappa shape index (κ3) is 5.59. The van der Waals surface area contributed by atoms with E-state index in [2.05, 4.69) is 11.8 Å². The van der Waals surface area contributed by atoms with Crippen LogP contribution in [0.2, 0.25) is 0 Å². The lowest BCUT2D eigenvalue weighted by atomic mass is 9.89. The van der Waals surface area contributed by atoms with Crippen LogP contribution in [-0.4, -0.2) is 59.0 Å². The van der Waals surface area contributed by atoms with E-state index in [1.165, 1.54) is 0 Å². The summed E-state index contributed by atoms with van der Waals surface area (Å²) in [5.41, 5.74) is 0.0350. The summed E-state index contributed by atoms with van der Waals surface area (Å²) in [6, 6.07) is 22.8. The fourth-order valence-corrected chi connectivity index (χ4v) is 5.47. The van der Waals surface area contributed by atoms with Crippen LogP contribution in [0.1, 0.15) is 42.6 Å². The number of β-amino-alcohol motifs (C(OH)–C–C–N with tert-alkyl or cyclic N) is 1. The van der Waals surface area contributed by atoms with Gasteiger partial charge in [-0.25, -0.2) is 4.79 Å². The van der Waals surface area contributed by atoms with Crippen molar-refractivity contribution >= 4 is 12.0 Å². The van der Waals surface area contributed by atoms with Crippen LogP contribution in [0.5, 0.6) is 11.5 Å². The smallest absolute Gasteiger partial charge is 0.336 e. The second kappa shape index (κ2) is 11.0. The number of nitrogens with zero attached hydrogens (tertiary/aromatic N) is 2. The Hall–Kier alpha value is -3.68. The molecule has 0 aromatic heterocycles. The number of aliphatic hydroxyl groups is 1. The normalized spacial score (nSPS) is 23.6. The Balaban J connectivity index is 1.22. The van der Waals surface area contributed by atoms with Gasteiger partial charge in [0.2, 0.25) is 0 Å². The molecule has 3 aromatic carbocycles. The monoisotopic (exact) mass is 514 g/mol. The number of benzene rings is 3. The summed E-state index contributed by atoms with van der Waals surface area (Å²) in [5, 5.41) is 22.0. The molecule has 1 fully saturated rings. The van der Waals surface area contributed by atoms with Gasteiger partial charge in [-0.1, -0.05) is 42.5 Å². The van der Waals surface area contributed by atoms with Crippen LogP contribution >= 0.6 is 0 Å². The van der Waals surface area contributed by atoms with Gasteiger partial charge in [-0.15, -0.1) is 0 Å². The number of piperidine rings is 1. The first-order chi connectivity index (χ1) is 18.3. The van der Waals surface area contributed by atoms with E-state index >= 15 is 0 Å². The van der Waals surface area contributed by atoms with E-state index in [0.29, 0.717) is 17.9 Å². The zero-order valence-corrected chi connectivity index (χ0v) is 21.8. The maximum atomic E-state index is 11.8. The summed E-state index contributed by atoms with van der Waals surface area (Å²) in [6.45, 7) is 5.60. The molecule has 2 aliphatic rings. The van der Waals surface area contributed by atoms with E-state index in [1.807, 2.05) is 67.6 Å². The molecule has 7 nitrogen and oxygen atoms in total. The van der Waals surface area contributed by atoms with Crippen molar-refractivity contribution in [2.24, 2.45) is 4.99 Å². The number of carboxylic acids is 1. The van der Waals surface area contributed by atoms with E-state index in [9.17, 15) is 15.0 Å². The van der Waals surface area contributed by atoms with Gasteiger partial charge in [-0.2, -0.15) is 0 Å². The Labute approximate surface area is 222 Å². The number of rotatable bonds is 9. The first-order valence-electron chi connectivity index (χ1n) is 13.1. The number of aromatic carboxylic acids is 1. The molecule has 2 N–H and O–H groups in total. The standard InChI is InChI=1S/C31H34N2O5/c1-21-17-24(38-23-9-4-3-5-10-23)15-16-33(21)19-22(34)20-37-29-14-8-13-28-26(29)18-31(2,32-28)27-12-7-6-11-25(27)30(35)36/h3-14,18,21-22,24,34H,15-17,19-20H2,1-2H3,(H,35,36). The van der Waals surface area contributed by atoms with E-state index in [0.717, 1.165) is 35.7 Å². The van der Waals surface area contributed by atoms with Gasteiger partial charge in [0.1, 0.15) is 35.9 Å². The minimum absolute atomic E-state index is 0.153. The first kappa shape index (κ1) is 25.9. The highest BCUT2D eigenvalue weighted by Crippen LogP contribution is 2.31. The Morgan fingerprint density at radius 1 is 1.11 bits per heavy atom. The minimum atomic E-state index is -0.981. The van der Waals surface area contributed by atoms with Crippen molar-refractivity contribution in [2.75, 3.05) is 19.7 Å². The summed E-state index contributed by atoms with van der Waals surface area (Å²) in [4.78, 5) is 18.9. The number of para-hydroxylation sites is 1. The Morgan fingerprint density at radius 3 is 2.63 bits per heavy atom. The fraction of sp³-hybridized carbons (Fsp3) is 0.355. The third-order valence-electron chi connectivity index (χ3n) is 7.41. The molecule has 5 rings (SSSR count). The number of hydrogen-bond donors (Lipinski definition) is 2. The molecular formula is C31H34N2O5. The van der Waals surface area contributed by atoms with Crippen molar-refractivity contribution in [3.8, 4) is 11.5 Å². The number of fused-ring (bicyclic) bond motifs is 1. The van der Waals surface area contributed by atoms with Crippen molar-refractivity contribution in [3.63, 3.8) is 0 Å². The topological polar surface area (TPSA) is 91.6 Å². The van der Waals surface area contributed by atoms with Crippen molar-refractivity contribution < 1.29 is 24.5 Å². The van der Waals surface area contributed by atoms with Crippen LogP contribution in [-0.2, 0) is 5.54 Å². The van der Waals surface area contributed by atoms with Gasteiger partial charge in [0, 0.05) is 24.4 Å². The SMILES string of the molecule is CC1CC(Oc2ccccc2)CCN1CC(O)COc1cccc2c1=CC(C)(c1ccccc1C(=O)O)N=2. The van der Waals surface area contributed by atoms with Gasteiger partial charge < -0.3 is 19.7 Å². The van der Waals surface area contributed by atoms with Crippen molar-refractivity contribution in [1.82, 2.24) is 4.90 Å². The zero-order valence-electron chi connectivity index (χ0n) is 21.8. The molecule has 198 valence electrons. The van der Waals surface area contributed by atoms with E-state index in [4.69, 9.17) is 14.5 Å². The van der Waals surface area contributed by atoms with Crippen LogP contribution in [0.15, 0.2) is 77.8 Å². The molecule has 0 aliphatic carbocycles. The van der Waals surface area contributed by atoms with Gasteiger partial charge in [-0.3, -0.25) is 9.89 Å². The Bertz CT molecular complexity index is 1410. The molecule has 4 unspecified atom stereocenters. The molecule has 0 radical (unpaired) electrons. The highest BCUT2D eigenvalue weighted by atomic mass is 16.5. The van der Waals surface area contributed by atoms with E-state index < -0.39 is 17.6 Å². The largest absolute Gasteiger partial charge is 0.490 e. The van der Waals surface area contributed by atoms with E-state index in [1.54, 1.807) is 18.2 Å². The molecule has 2 heterocycles. The van der Waals surface area contributed by atoms with Gasteiger partial charge >= 0.3 is 5.97 Å².